The van der Waals surface area contributed by atoms with Crippen molar-refractivity contribution in [1.82, 2.24) is 0 Å². The Kier molecular flexibility index (Phi) is 3.36. The van der Waals surface area contributed by atoms with Crippen LogP contribution in [0.4, 0.5) is 11.4 Å². The summed E-state index contributed by atoms with van der Waals surface area (Å²) >= 11 is 3.59. The van der Waals surface area contributed by atoms with Gasteiger partial charge >= 0.3 is 0 Å². The van der Waals surface area contributed by atoms with E-state index in [1.807, 2.05) is 13.0 Å². The summed E-state index contributed by atoms with van der Waals surface area (Å²) in [6.07, 6.45) is 0. The van der Waals surface area contributed by atoms with E-state index >= 15 is 0 Å². The van der Waals surface area contributed by atoms with E-state index in [1.165, 1.54) is 5.69 Å². The Labute approximate surface area is 111 Å². The third-order valence-corrected chi connectivity index (χ3v) is 3.74. The van der Waals surface area contributed by atoms with E-state index in [4.69, 9.17) is 10.5 Å². The first-order chi connectivity index (χ1) is 7.89. The smallest absolute Gasteiger partial charge is 0.0801 e. The molecule has 1 fully saturated rings. The van der Waals surface area contributed by atoms with Gasteiger partial charge in [0.2, 0.25) is 0 Å². The van der Waals surface area contributed by atoms with Gasteiger partial charge in [0.1, 0.15) is 0 Å². The van der Waals surface area contributed by atoms with Crippen LogP contribution in [0.25, 0.3) is 0 Å². The Morgan fingerprint density at radius 2 is 2.12 bits per heavy atom. The molecular weight excluding hydrogens is 280 g/mol. The maximum atomic E-state index is 5.90. The number of morpholine rings is 1. The van der Waals surface area contributed by atoms with Crippen molar-refractivity contribution < 1.29 is 4.74 Å². The highest BCUT2D eigenvalue weighted by molar-refractivity contribution is 9.10. The lowest BCUT2D eigenvalue weighted by Gasteiger charge is -2.40. The molecule has 2 N–H and O–H groups in total. The number of ether oxygens (including phenoxy) is 1. The van der Waals surface area contributed by atoms with Gasteiger partial charge in [-0.05, 0) is 54.4 Å². The van der Waals surface area contributed by atoms with Crippen molar-refractivity contribution >= 4 is 27.3 Å². The number of anilines is 2. The number of nitrogens with two attached hydrogens (primary N) is 1. The van der Waals surface area contributed by atoms with Gasteiger partial charge in [0.05, 0.1) is 17.9 Å². The van der Waals surface area contributed by atoms with Crippen LogP contribution in [0.5, 0.6) is 0 Å². The van der Waals surface area contributed by atoms with Crippen molar-refractivity contribution in [3.05, 3.63) is 22.2 Å². The van der Waals surface area contributed by atoms with Crippen LogP contribution in [0.15, 0.2) is 16.6 Å². The molecule has 1 saturated heterocycles. The van der Waals surface area contributed by atoms with Crippen molar-refractivity contribution in [2.24, 2.45) is 0 Å². The van der Waals surface area contributed by atoms with Gasteiger partial charge in [0, 0.05) is 23.2 Å². The van der Waals surface area contributed by atoms with Crippen LogP contribution < -0.4 is 10.6 Å². The zero-order chi connectivity index (χ0) is 12.6. The Balaban J connectivity index is 2.31. The first-order valence-corrected chi connectivity index (χ1v) is 6.63. The van der Waals surface area contributed by atoms with E-state index in [1.54, 1.807) is 0 Å². The van der Waals surface area contributed by atoms with Crippen LogP contribution in [0.3, 0.4) is 0 Å². The summed E-state index contributed by atoms with van der Waals surface area (Å²) in [5, 5.41) is 0. The van der Waals surface area contributed by atoms with Gasteiger partial charge in [0.15, 0.2) is 0 Å². The standard InChI is InChI=1S/C13H19BrN2O/c1-9-6-12(10(14)7-11(9)15)16-4-5-17-13(2,3)8-16/h6-7H,4-5,8,15H2,1-3H3. The van der Waals surface area contributed by atoms with Gasteiger partial charge < -0.3 is 15.4 Å². The van der Waals surface area contributed by atoms with Crippen LogP contribution >= 0.6 is 15.9 Å². The molecule has 17 heavy (non-hydrogen) atoms. The predicted molar refractivity (Wildman–Crippen MR) is 75.5 cm³/mol. The van der Waals surface area contributed by atoms with E-state index in [2.05, 4.69) is 40.7 Å². The van der Waals surface area contributed by atoms with Crippen molar-refractivity contribution in [3.8, 4) is 0 Å². The number of rotatable bonds is 1. The van der Waals surface area contributed by atoms with Gasteiger partial charge in [-0.3, -0.25) is 0 Å². The molecule has 1 aliphatic rings. The second-order valence-electron chi connectivity index (χ2n) is 5.19. The molecule has 1 aromatic carbocycles. The lowest BCUT2D eigenvalue weighted by Crippen LogP contribution is -2.48. The Morgan fingerprint density at radius 1 is 1.41 bits per heavy atom. The van der Waals surface area contributed by atoms with Gasteiger partial charge in [-0.1, -0.05) is 0 Å². The van der Waals surface area contributed by atoms with Crippen molar-refractivity contribution in [1.29, 1.82) is 0 Å². The number of hydrogen-bond acceptors (Lipinski definition) is 3. The summed E-state index contributed by atoms with van der Waals surface area (Å²) in [6, 6.07) is 4.12. The monoisotopic (exact) mass is 298 g/mol. The van der Waals surface area contributed by atoms with Crippen LogP contribution in [-0.4, -0.2) is 25.3 Å². The second kappa shape index (κ2) is 4.50. The summed E-state index contributed by atoms with van der Waals surface area (Å²) in [5.74, 6) is 0. The minimum atomic E-state index is -0.0903. The molecule has 4 heteroatoms. The zero-order valence-corrected chi connectivity index (χ0v) is 12.2. The third-order valence-electron chi connectivity index (χ3n) is 3.10. The Hall–Kier alpha value is -0.740. The second-order valence-corrected chi connectivity index (χ2v) is 6.04. The van der Waals surface area contributed by atoms with E-state index in [0.29, 0.717) is 0 Å². The quantitative estimate of drug-likeness (QED) is 0.810. The third kappa shape index (κ3) is 2.75. The van der Waals surface area contributed by atoms with E-state index in [9.17, 15) is 0 Å². The highest BCUT2D eigenvalue weighted by Crippen LogP contribution is 2.33. The normalized spacial score (nSPS) is 19.4. The molecule has 0 bridgehead atoms. The SMILES string of the molecule is Cc1cc(N2CCOC(C)(C)C2)c(Br)cc1N. The largest absolute Gasteiger partial charge is 0.398 e. The molecule has 0 saturated carbocycles. The molecular formula is C13H19BrN2O. The molecule has 0 radical (unpaired) electrons. The highest BCUT2D eigenvalue weighted by atomic mass is 79.9. The fraction of sp³-hybridized carbons (Fsp3) is 0.538. The van der Waals surface area contributed by atoms with Crippen LogP contribution in [0.1, 0.15) is 19.4 Å². The van der Waals surface area contributed by atoms with Gasteiger partial charge in [-0.25, -0.2) is 0 Å². The van der Waals surface area contributed by atoms with Gasteiger partial charge in [0.25, 0.3) is 0 Å². The van der Waals surface area contributed by atoms with Crippen molar-refractivity contribution in [3.63, 3.8) is 0 Å². The summed E-state index contributed by atoms with van der Waals surface area (Å²) < 4.78 is 6.78. The number of aryl methyl sites for hydroxylation is 1. The molecule has 94 valence electrons. The van der Waals surface area contributed by atoms with Crippen LogP contribution in [0, 0.1) is 6.92 Å². The topological polar surface area (TPSA) is 38.5 Å². The molecule has 3 nitrogen and oxygen atoms in total. The molecule has 0 unspecified atom stereocenters. The summed E-state index contributed by atoms with van der Waals surface area (Å²) in [7, 11) is 0. The summed E-state index contributed by atoms with van der Waals surface area (Å²) in [5.41, 5.74) is 8.96. The number of hydrogen-bond donors (Lipinski definition) is 1. The summed E-state index contributed by atoms with van der Waals surface area (Å²) in [4.78, 5) is 2.35. The molecule has 0 amide bonds. The van der Waals surface area contributed by atoms with E-state index < -0.39 is 0 Å². The molecule has 2 rings (SSSR count). The van der Waals surface area contributed by atoms with Crippen molar-refractivity contribution in [2.45, 2.75) is 26.4 Å². The first-order valence-electron chi connectivity index (χ1n) is 5.83. The Bertz CT molecular complexity index is 432. The maximum absolute atomic E-state index is 5.90. The molecule has 1 aliphatic heterocycles. The summed E-state index contributed by atoms with van der Waals surface area (Å²) in [6.45, 7) is 8.87. The van der Waals surface area contributed by atoms with Crippen molar-refractivity contribution in [2.75, 3.05) is 30.3 Å². The van der Waals surface area contributed by atoms with Gasteiger partial charge in [-0.15, -0.1) is 0 Å². The number of nitrogens with zero attached hydrogens (tertiary/aromatic N) is 1. The van der Waals surface area contributed by atoms with E-state index in [0.717, 1.165) is 35.4 Å². The molecule has 0 aliphatic carbocycles. The zero-order valence-electron chi connectivity index (χ0n) is 10.6. The minimum absolute atomic E-state index is 0.0903. The average molecular weight is 299 g/mol. The van der Waals surface area contributed by atoms with E-state index in [-0.39, 0.29) is 5.60 Å². The van der Waals surface area contributed by atoms with Gasteiger partial charge in [-0.2, -0.15) is 0 Å². The maximum Gasteiger partial charge on any atom is 0.0801 e. The molecule has 0 aromatic heterocycles. The fourth-order valence-corrected chi connectivity index (χ4v) is 2.76. The first kappa shape index (κ1) is 12.7. The minimum Gasteiger partial charge on any atom is -0.398 e. The molecule has 0 atom stereocenters. The number of benzene rings is 1. The lowest BCUT2D eigenvalue weighted by molar-refractivity contribution is -0.0277. The predicted octanol–water partition coefficient (Wildman–Crippen LogP) is 2.95. The molecule has 1 heterocycles. The highest BCUT2D eigenvalue weighted by Gasteiger charge is 2.28. The fourth-order valence-electron chi connectivity index (χ4n) is 2.15. The number of nitrogen functional groups attached to an aromatic ring is 1. The molecule has 1 aromatic rings. The Morgan fingerprint density at radius 3 is 2.76 bits per heavy atom. The number of halogens is 1. The van der Waals surface area contributed by atoms with Crippen LogP contribution in [-0.2, 0) is 4.74 Å². The molecule has 0 spiro atoms. The average Bonchev–Trinajstić information content (AvgIpc) is 2.22. The van der Waals surface area contributed by atoms with Crippen LogP contribution in [0.2, 0.25) is 0 Å². The lowest BCUT2D eigenvalue weighted by atomic mass is 10.1.